The molecular formula is C26H29N5O2. The monoisotopic (exact) mass is 443 g/mol. The molecule has 0 bridgehead atoms. The fourth-order valence-electron chi connectivity index (χ4n) is 4.47. The van der Waals surface area contributed by atoms with E-state index in [1.807, 2.05) is 18.3 Å². The Morgan fingerprint density at radius 3 is 2.67 bits per heavy atom. The molecule has 33 heavy (non-hydrogen) atoms. The van der Waals surface area contributed by atoms with Crippen molar-refractivity contribution in [1.29, 1.82) is 0 Å². The molecule has 7 heteroatoms. The Balaban J connectivity index is 1.35. The highest BCUT2D eigenvalue weighted by molar-refractivity contribution is 5.85. The largest absolute Gasteiger partial charge is 0.497 e. The summed E-state index contributed by atoms with van der Waals surface area (Å²) in [5, 5.41) is 1.25. The molecule has 1 fully saturated rings. The van der Waals surface area contributed by atoms with Crippen LogP contribution < -0.4 is 4.74 Å². The molecule has 0 amide bonds. The van der Waals surface area contributed by atoms with Crippen molar-refractivity contribution in [3.8, 4) is 16.9 Å². The molecule has 1 aliphatic rings. The van der Waals surface area contributed by atoms with Gasteiger partial charge in [0.15, 0.2) is 0 Å². The summed E-state index contributed by atoms with van der Waals surface area (Å²) in [6.07, 6.45) is 9.24. The molecule has 0 saturated carbocycles. The van der Waals surface area contributed by atoms with Gasteiger partial charge in [-0.15, -0.1) is 0 Å². The third-order valence-electron chi connectivity index (χ3n) is 6.23. The van der Waals surface area contributed by atoms with E-state index < -0.39 is 0 Å². The number of nitrogens with zero attached hydrogens (tertiary/aromatic N) is 5. The summed E-state index contributed by atoms with van der Waals surface area (Å²) in [5.74, 6) is 0.887. The molecule has 0 spiro atoms. The first kappa shape index (κ1) is 21.6. The molecule has 5 rings (SSSR count). The Morgan fingerprint density at radius 1 is 1.09 bits per heavy atom. The van der Waals surface area contributed by atoms with Crippen molar-refractivity contribution in [1.82, 2.24) is 24.4 Å². The minimum atomic E-state index is -0.0483. The maximum absolute atomic E-state index is 6.09. The molecule has 1 saturated heterocycles. The second-order valence-corrected chi connectivity index (χ2v) is 8.73. The van der Waals surface area contributed by atoms with Crippen molar-refractivity contribution in [2.75, 3.05) is 26.8 Å². The SMILES string of the molecule is COc1ccc2c(c1)c(CN1CCO[C@H](c3ccc(-c4cncnc4)cn3)C1)cn2C(C)C. The van der Waals surface area contributed by atoms with Crippen LogP contribution in [-0.4, -0.2) is 51.2 Å². The van der Waals surface area contributed by atoms with Crippen molar-refractivity contribution in [2.45, 2.75) is 32.5 Å². The molecule has 4 aromatic rings. The average Bonchev–Trinajstić information content (AvgIpc) is 3.22. The molecule has 0 aliphatic carbocycles. The van der Waals surface area contributed by atoms with Crippen LogP contribution in [0.3, 0.4) is 0 Å². The number of fused-ring (bicyclic) bond motifs is 1. The molecule has 0 unspecified atom stereocenters. The van der Waals surface area contributed by atoms with Crippen molar-refractivity contribution >= 4 is 10.9 Å². The zero-order chi connectivity index (χ0) is 22.8. The minimum absolute atomic E-state index is 0.0483. The lowest BCUT2D eigenvalue weighted by atomic mass is 10.1. The molecule has 1 aromatic carbocycles. The van der Waals surface area contributed by atoms with Crippen LogP contribution in [0.2, 0.25) is 0 Å². The highest BCUT2D eigenvalue weighted by Gasteiger charge is 2.24. The van der Waals surface area contributed by atoms with Crippen LogP contribution in [0.1, 0.15) is 37.3 Å². The third-order valence-corrected chi connectivity index (χ3v) is 6.23. The van der Waals surface area contributed by atoms with Crippen LogP contribution in [0.15, 0.2) is 61.4 Å². The number of methoxy groups -OCH3 is 1. The van der Waals surface area contributed by atoms with Gasteiger partial charge in [0.25, 0.3) is 0 Å². The summed E-state index contributed by atoms with van der Waals surface area (Å²) in [7, 11) is 1.72. The average molecular weight is 444 g/mol. The Hall–Kier alpha value is -3.29. The van der Waals surface area contributed by atoms with Gasteiger partial charge in [0.2, 0.25) is 0 Å². The van der Waals surface area contributed by atoms with Gasteiger partial charge in [-0.3, -0.25) is 9.88 Å². The zero-order valence-electron chi connectivity index (χ0n) is 19.3. The number of ether oxygens (including phenoxy) is 2. The van der Waals surface area contributed by atoms with Crippen molar-refractivity contribution in [3.63, 3.8) is 0 Å². The molecule has 7 nitrogen and oxygen atoms in total. The van der Waals surface area contributed by atoms with E-state index in [9.17, 15) is 0 Å². The van der Waals surface area contributed by atoms with Crippen LogP contribution in [0.5, 0.6) is 5.75 Å². The third kappa shape index (κ3) is 4.47. The van der Waals surface area contributed by atoms with Gasteiger partial charge in [0, 0.05) is 72.5 Å². The van der Waals surface area contributed by atoms with Gasteiger partial charge < -0.3 is 14.0 Å². The summed E-state index contributed by atoms with van der Waals surface area (Å²) < 4.78 is 13.9. The molecule has 4 heterocycles. The van der Waals surface area contributed by atoms with Crippen molar-refractivity contribution < 1.29 is 9.47 Å². The van der Waals surface area contributed by atoms with E-state index in [0.717, 1.165) is 42.2 Å². The first-order valence-electron chi connectivity index (χ1n) is 11.3. The highest BCUT2D eigenvalue weighted by Crippen LogP contribution is 2.31. The lowest BCUT2D eigenvalue weighted by Crippen LogP contribution is -2.38. The minimum Gasteiger partial charge on any atom is -0.497 e. The Labute approximate surface area is 194 Å². The first-order valence-corrected chi connectivity index (χ1v) is 11.3. The van der Waals surface area contributed by atoms with E-state index >= 15 is 0 Å². The van der Waals surface area contributed by atoms with E-state index in [0.29, 0.717) is 12.6 Å². The number of rotatable bonds is 6. The van der Waals surface area contributed by atoms with E-state index in [2.05, 4.69) is 57.7 Å². The lowest BCUT2D eigenvalue weighted by molar-refractivity contribution is -0.0348. The summed E-state index contributed by atoms with van der Waals surface area (Å²) in [6, 6.07) is 10.8. The molecular weight excluding hydrogens is 414 g/mol. The van der Waals surface area contributed by atoms with Crippen LogP contribution in [0.25, 0.3) is 22.0 Å². The van der Waals surface area contributed by atoms with Crippen LogP contribution in [0.4, 0.5) is 0 Å². The summed E-state index contributed by atoms with van der Waals surface area (Å²) >= 11 is 0. The quantitative estimate of drug-likeness (QED) is 0.432. The number of morpholine rings is 1. The van der Waals surface area contributed by atoms with Crippen LogP contribution in [0, 0.1) is 0 Å². The fraction of sp³-hybridized carbons (Fsp3) is 0.346. The Morgan fingerprint density at radius 2 is 1.94 bits per heavy atom. The molecule has 0 N–H and O–H groups in total. The van der Waals surface area contributed by atoms with E-state index in [-0.39, 0.29) is 6.10 Å². The van der Waals surface area contributed by atoms with Gasteiger partial charge in [-0.2, -0.15) is 0 Å². The molecule has 1 atom stereocenters. The number of hydrogen-bond donors (Lipinski definition) is 0. The van der Waals surface area contributed by atoms with Crippen molar-refractivity contribution in [3.05, 3.63) is 72.7 Å². The Bertz CT molecular complexity index is 1220. The summed E-state index contributed by atoms with van der Waals surface area (Å²) in [6.45, 7) is 7.69. The fourth-order valence-corrected chi connectivity index (χ4v) is 4.47. The van der Waals surface area contributed by atoms with E-state index in [1.54, 1.807) is 19.5 Å². The number of aromatic nitrogens is 4. The Kier molecular flexibility index (Phi) is 6.07. The summed E-state index contributed by atoms with van der Waals surface area (Å²) in [5.41, 5.74) is 5.46. The molecule has 170 valence electrons. The van der Waals surface area contributed by atoms with Gasteiger partial charge in [0.1, 0.15) is 18.2 Å². The molecule has 3 aromatic heterocycles. The number of hydrogen-bond acceptors (Lipinski definition) is 6. The molecule has 1 aliphatic heterocycles. The molecule has 0 radical (unpaired) electrons. The second-order valence-electron chi connectivity index (χ2n) is 8.73. The standard InChI is InChI=1S/C26H29N5O2/c1-18(2)31-15-21(23-10-22(32-3)5-7-25(23)31)14-30-8-9-33-26(16-30)24-6-4-19(13-29-24)20-11-27-17-28-12-20/h4-7,10-13,15,17-18,26H,8-9,14,16H2,1-3H3/t26-/m0/s1. The van der Waals surface area contributed by atoms with E-state index in [1.165, 1.54) is 22.8 Å². The van der Waals surface area contributed by atoms with Gasteiger partial charge in [-0.05, 0) is 43.7 Å². The second kappa shape index (κ2) is 9.29. The lowest BCUT2D eigenvalue weighted by Gasteiger charge is -2.32. The predicted octanol–water partition coefficient (Wildman–Crippen LogP) is 4.66. The predicted molar refractivity (Wildman–Crippen MR) is 128 cm³/mol. The highest BCUT2D eigenvalue weighted by atomic mass is 16.5. The maximum atomic E-state index is 6.09. The van der Waals surface area contributed by atoms with Gasteiger partial charge in [-0.1, -0.05) is 6.07 Å². The van der Waals surface area contributed by atoms with E-state index in [4.69, 9.17) is 14.5 Å². The van der Waals surface area contributed by atoms with Crippen molar-refractivity contribution in [2.24, 2.45) is 0 Å². The zero-order valence-corrected chi connectivity index (χ0v) is 19.3. The maximum Gasteiger partial charge on any atom is 0.119 e. The number of pyridine rings is 1. The van der Waals surface area contributed by atoms with Gasteiger partial charge in [0.05, 0.1) is 19.4 Å². The smallest absolute Gasteiger partial charge is 0.119 e. The first-order chi connectivity index (χ1) is 16.1. The van der Waals surface area contributed by atoms with Crippen LogP contribution in [-0.2, 0) is 11.3 Å². The number of benzene rings is 1. The van der Waals surface area contributed by atoms with Gasteiger partial charge in [-0.25, -0.2) is 9.97 Å². The topological polar surface area (TPSA) is 65.3 Å². The van der Waals surface area contributed by atoms with Crippen LogP contribution >= 0.6 is 0 Å². The summed E-state index contributed by atoms with van der Waals surface area (Å²) in [4.78, 5) is 15.3. The van der Waals surface area contributed by atoms with Gasteiger partial charge >= 0.3 is 0 Å². The normalized spacial score (nSPS) is 17.0.